The predicted molar refractivity (Wildman–Crippen MR) is 321 cm³/mol. The van der Waals surface area contributed by atoms with E-state index in [0.717, 1.165) is 89.8 Å². The second-order valence-corrected chi connectivity index (χ2v) is 19.2. The maximum Gasteiger partial charge on any atom is 0.166 e. The largest absolute Gasteiger partial charge is 0.305 e. The van der Waals surface area contributed by atoms with Gasteiger partial charge in [0.15, 0.2) is 40.8 Å². The number of nitrogens with zero attached hydrogens (tertiary/aromatic N) is 10. The SMILES string of the molecule is c1ccc(-c2cc(N3c4ccccc4N(c4c(-c5ccccc5)cc(-c5nc(-c6ccccc6)nc(-c6ccccc6)n5)cc4-c4nc(-c5ccccc5)nc(-c5ccccc5)n4)c4ccccc43)nc(-c3ccccc3)n2)cc1. The van der Waals surface area contributed by atoms with Gasteiger partial charge in [0.1, 0.15) is 5.82 Å². The summed E-state index contributed by atoms with van der Waals surface area (Å²) in [7, 11) is 0. The van der Waals surface area contributed by atoms with Crippen LogP contribution < -0.4 is 9.80 Å². The van der Waals surface area contributed by atoms with Crippen LogP contribution >= 0.6 is 0 Å². The Hall–Kier alpha value is -11.1. The summed E-state index contributed by atoms with van der Waals surface area (Å²) in [5, 5.41) is 0. The first kappa shape index (κ1) is 47.4. The fraction of sp³-hybridized carbons (Fsp3) is 0. The number of benzene rings is 10. The second kappa shape index (κ2) is 20.8. The normalized spacial score (nSPS) is 11.7. The summed E-state index contributed by atoms with van der Waals surface area (Å²) in [4.78, 5) is 47.0. The zero-order valence-electron chi connectivity index (χ0n) is 43.0. The molecule has 0 N–H and O–H groups in total. The molecule has 10 aromatic carbocycles. The highest BCUT2D eigenvalue weighted by Gasteiger charge is 2.35. The minimum Gasteiger partial charge on any atom is -0.305 e. The average molecular weight is 1030 g/mol. The van der Waals surface area contributed by atoms with Crippen LogP contribution in [0.15, 0.2) is 279 Å². The molecular weight excluding hydrogens is 981 g/mol. The van der Waals surface area contributed by atoms with Gasteiger partial charge in [0.05, 0.1) is 34.1 Å². The smallest absolute Gasteiger partial charge is 0.166 e. The summed E-state index contributed by atoms with van der Waals surface area (Å²) in [6, 6.07) is 94.6. The van der Waals surface area contributed by atoms with E-state index in [1.165, 1.54) is 0 Å². The van der Waals surface area contributed by atoms with E-state index in [2.05, 4.69) is 125 Å². The van der Waals surface area contributed by atoms with Gasteiger partial charge in [-0.3, -0.25) is 4.90 Å². The topological polar surface area (TPSA) is 110 Å². The van der Waals surface area contributed by atoms with Crippen LogP contribution in [0.4, 0.5) is 34.3 Å². The van der Waals surface area contributed by atoms with Crippen LogP contribution in [0.2, 0.25) is 0 Å². The molecule has 0 saturated heterocycles. The van der Waals surface area contributed by atoms with Crippen LogP contribution in [0.25, 0.3) is 102 Å². The van der Waals surface area contributed by atoms with Crippen molar-refractivity contribution in [2.45, 2.75) is 0 Å². The molecule has 1 aliphatic heterocycles. The van der Waals surface area contributed by atoms with E-state index >= 15 is 0 Å². The average Bonchev–Trinajstić information content (AvgIpc) is 3.61. The lowest BCUT2D eigenvalue weighted by Gasteiger charge is -2.41. The minimum absolute atomic E-state index is 0.459. The van der Waals surface area contributed by atoms with Gasteiger partial charge in [0.2, 0.25) is 0 Å². The van der Waals surface area contributed by atoms with E-state index in [-0.39, 0.29) is 0 Å². The van der Waals surface area contributed by atoms with Crippen molar-refractivity contribution in [3.63, 3.8) is 0 Å². The number of rotatable bonds is 11. The molecule has 376 valence electrons. The van der Waals surface area contributed by atoms with Gasteiger partial charge in [-0.05, 0) is 42.0 Å². The van der Waals surface area contributed by atoms with Crippen molar-refractivity contribution in [3.8, 4) is 102 Å². The maximum atomic E-state index is 5.48. The number of hydrogen-bond donors (Lipinski definition) is 0. The summed E-state index contributed by atoms with van der Waals surface area (Å²) >= 11 is 0. The molecule has 10 heteroatoms. The zero-order chi connectivity index (χ0) is 53.2. The van der Waals surface area contributed by atoms with E-state index in [0.29, 0.717) is 46.6 Å². The standard InChI is InChI=1S/C70H46N10/c1-8-26-47(27-9-1)55-44-54(69-75-65(50-32-14-4-15-33-50)73-66(76-69)51-34-16-5-17-35-51)45-56(70-77-67(52-36-18-6-19-37-52)74-68(78-70)53-38-20-7-21-39-53)63(55)80-60-42-24-22-40-58(60)79(59-41-23-25-43-61(59)80)62-46-57(48-28-10-2-11-29-48)71-64(72-62)49-30-12-3-13-31-49/h1-46H. The van der Waals surface area contributed by atoms with Crippen molar-refractivity contribution >= 4 is 34.3 Å². The van der Waals surface area contributed by atoms with Crippen LogP contribution in [0.1, 0.15) is 0 Å². The molecule has 0 saturated carbocycles. The van der Waals surface area contributed by atoms with Gasteiger partial charge >= 0.3 is 0 Å². The van der Waals surface area contributed by atoms with Crippen LogP contribution in [0.5, 0.6) is 0 Å². The summed E-state index contributed by atoms with van der Waals surface area (Å²) in [5.41, 5.74) is 13.9. The van der Waals surface area contributed by atoms with Crippen LogP contribution in [0.3, 0.4) is 0 Å². The van der Waals surface area contributed by atoms with Crippen molar-refractivity contribution in [1.82, 2.24) is 39.9 Å². The van der Waals surface area contributed by atoms with Crippen LogP contribution in [-0.2, 0) is 0 Å². The van der Waals surface area contributed by atoms with E-state index < -0.39 is 0 Å². The van der Waals surface area contributed by atoms with Crippen molar-refractivity contribution < 1.29 is 0 Å². The van der Waals surface area contributed by atoms with Gasteiger partial charge in [-0.25, -0.2) is 39.9 Å². The van der Waals surface area contributed by atoms with Gasteiger partial charge < -0.3 is 4.90 Å². The summed E-state index contributed by atoms with van der Waals surface area (Å²) < 4.78 is 0. The second-order valence-electron chi connectivity index (χ2n) is 19.2. The van der Waals surface area contributed by atoms with E-state index in [9.17, 15) is 0 Å². The number of para-hydroxylation sites is 4. The maximum absolute atomic E-state index is 5.48. The zero-order valence-corrected chi connectivity index (χ0v) is 43.0. The molecule has 0 radical (unpaired) electrons. The van der Waals surface area contributed by atoms with E-state index in [1.54, 1.807) is 0 Å². The van der Waals surface area contributed by atoms with E-state index in [4.69, 9.17) is 39.9 Å². The Morgan fingerprint density at radius 2 is 0.487 bits per heavy atom. The van der Waals surface area contributed by atoms with Gasteiger partial charge in [-0.15, -0.1) is 0 Å². The fourth-order valence-electron chi connectivity index (χ4n) is 10.3. The molecule has 0 atom stereocenters. The molecule has 80 heavy (non-hydrogen) atoms. The molecule has 13 aromatic rings. The van der Waals surface area contributed by atoms with E-state index in [1.807, 2.05) is 164 Å². The lowest BCUT2D eigenvalue weighted by molar-refractivity contribution is 1.06. The molecule has 3 aromatic heterocycles. The van der Waals surface area contributed by atoms with Crippen molar-refractivity contribution in [2.75, 3.05) is 9.80 Å². The lowest BCUT2D eigenvalue weighted by atomic mass is 9.93. The Labute approximate surface area is 462 Å². The van der Waals surface area contributed by atoms with Gasteiger partial charge in [-0.1, -0.05) is 237 Å². The number of aromatic nitrogens is 8. The molecule has 0 amide bonds. The highest BCUT2D eigenvalue weighted by Crippen LogP contribution is 2.58. The molecule has 0 fully saturated rings. The van der Waals surface area contributed by atoms with Crippen LogP contribution in [0, 0.1) is 0 Å². The minimum atomic E-state index is 0.459. The Morgan fingerprint density at radius 3 is 0.875 bits per heavy atom. The van der Waals surface area contributed by atoms with Crippen molar-refractivity contribution in [1.29, 1.82) is 0 Å². The van der Waals surface area contributed by atoms with Crippen molar-refractivity contribution in [2.24, 2.45) is 0 Å². The Bertz CT molecular complexity index is 4120. The number of anilines is 6. The third-order valence-corrected chi connectivity index (χ3v) is 14.1. The third-order valence-electron chi connectivity index (χ3n) is 14.1. The quantitative estimate of drug-likeness (QED) is 0.124. The summed E-state index contributed by atoms with van der Waals surface area (Å²) in [6.07, 6.45) is 0. The first-order valence-electron chi connectivity index (χ1n) is 26.4. The van der Waals surface area contributed by atoms with Crippen molar-refractivity contribution in [3.05, 3.63) is 279 Å². The third kappa shape index (κ3) is 9.08. The molecule has 14 rings (SSSR count). The molecular formula is C70H46N10. The first-order chi connectivity index (χ1) is 39.7. The highest BCUT2D eigenvalue weighted by atomic mass is 15.3. The van der Waals surface area contributed by atoms with Gasteiger partial charge in [-0.2, -0.15) is 0 Å². The first-order valence-corrected chi connectivity index (χ1v) is 26.4. The van der Waals surface area contributed by atoms with Gasteiger partial charge in [0.25, 0.3) is 0 Å². The molecule has 0 unspecified atom stereocenters. The highest BCUT2D eigenvalue weighted by molar-refractivity contribution is 6.07. The lowest BCUT2D eigenvalue weighted by Crippen LogP contribution is -2.25. The van der Waals surface area contributed by atoms with Crippen LogP contribution in [-0.4, -0.2) is 39.9 Å². The molecule has 0 spiro atoms. The molecule has 0 aliphatic carbocycles. The predicted octanol–water partition coefficient (Wildman–Crippen LogP) is 17.1. The summed E-state index contributed by atoms with van der Waals surface area (Å²) in [5.74, 6) is 4.44. The molecule has 1 aliphatic rings. The molecule has 0 bridgehead atoms. The summed E-state index contributed by atoms with van der Waals surface area (Å²) in [6.45, 7) is 0. The Morgan fingerprint density at radius 1 is 0.200 bits per heavy atom. The molecule has 10 nitrogen and oxygen atoms in total. The Kier molecular flexibility index (Phi) is 12.3. The Balaban J connectivity index is 1.07. The fourth-order valence-corrected chi connectivity index (χ4v) is 10.3. The number of hydrogen-bond acceptors (Lipinski definition) is 10. The number of fused-ring (bicyclic) bond motifs is 2. The molecule has 4 heterocycles. The van der Waals surface area contributed by atoms with Gasteiger partial charge in [0, 0.05) is 56.1 Å². The monoisotopic (exact) mass is 1030 g/mol.